The fourth-order valence-corrected chi connectivity index (χ4v) is 2.79. The fourth-order valence-electron chi connectivity index (χ4n) is 2.72. The summed E-state index contributed by atoms with van der Waals surface area (Å²) in [5, 5.41) is 7.88. The maximum Gasteiger partial charge on any atom is 0.239 e. The third-order valence-electron chi connectivity index (χ3n) is 3.91. The summed E-state index contributed by atoms with van der Waals surface area (Å²) in [6.45, 7) is 0. The molecule has 0 spiro atoms. The Morgan fingerprint density at radius 1 is 0.962 bits per heavy atom. The Hall–Kier alpha value is -3.25. The molecular formula is C19H14ClN5O. The molecule has 0 aliphatic heterocycles. The zero-order valence-corrected chi connectivity index (χ0v) is 14.4. The van der Waals surface area contributed by atoms with Crippen molar-refractivity contribution in [2.45, 2.75) is 0 Å². The van der Waals surface area contributed by atoms with Crippen LogP contribution in [0.5, 0.6) is 0 Å². The van der Waals surface area contributed by atoms with E-state index in [1.54, 1.807) is 12.3 Å². The minimum atomic E-state index is -0.264. The van der Waals surface area contributed by atoms with Gasteiger partial charge < -0.3 is 10.6 Å². The van der Waals surface area contributed by atoms with E-state index in [1.165, 1.54) is 6.33 Å². The number of fused-ring (bicyclic) bond motifs is 2. The second-order valence-electron chi connectivity index (χ2n) is 5.67. The maximum atomic E-state index is 11.5. The summed E-state index contributed by atoms with van der Waals surface area (Å²) in [5.74, 6) is 0.291. The Morgan fingerprint density at radius 2 is 1.81 bits per heavy atom. The minimum Gasteiger partial charge on any atom is -0.340 e. The molecule has 6 nitrogen and oxygen atoms in total. The van der Waals surface area contributed by atoms with Crippen LogP contribution in [0.3, 0.4) is 0 Å². The van der Waals surface area contributed by atoms with E-state index in [9.17, 15) is 4.79 Å². The van der Waals surface area contributed by atoms with Crippen LogP contribution in [0.2, 0.25) is 0 Å². The summed E-state index contributed by atoms with van der Waals surface area (Å²) in [6, 6.07) is 15.3. The zero-order valence-electron chi connectivity index (χ0n) is 13.6. The lowest BCUT2D eigenvalue weighted by Crippen LogP contribution is -2.12. The van der Waals surface area contributed by atoms with Crippen LogP contribution >= 0.6 is 11.6 Å². The lowest BCUT2D eigenvalue weighted by atomic mass is 10.2. The molecule has 0 fully saturated rings. The number of rotatable bonds is 4. The van der Waals surface area contributed by atoms with Crippen molar-refractivity contribution in [2.24, 2.45) is 0 Å². The summed E-state index contributed by atoms with van der Waals surface area (Å²) in [7, 11) is 0. The fraction of sp³-hybridized carbons (Fsp3) is 0.0526. The number of hydrogen-bond acceptors (Lipinski definition) is 5. The first-order valence-corrected chi connectivity index (χ1v) is 8.49. The van der Waals surface area contributed by atoms with Crippen molar-refractivity contribution in [1.82, 2.24) is 15.0 Å². The van der Waals surface area contributed by atoms with E-state index >= 15 is 0 Å². The molecule has 0 atom stereocenters. The standard InChI is InChI=1S/C19H14ClN5O/c20-10-18(26)24-14-4-6-17-15(9-14)19(23-11-22-17)25-13-3-5-16-12(8-13)2-1-7-21-16/h1-9,11H,10H2,(H,24,26)(H,22,23,25). The van der Waals surface area contributed by atoms with Crippen molar-refractivity contribution in [3.63, 3.8) is 0 Å². The van der Waals surface area contributed by atoms with Crippen LogP contribution in [0, 0.1) is 0 Å². The third kappa shape index (κ3) is 3.27. The van der Waals surface area contributed by atoms with Crippen LogP contribution in [0.1, 0.15) is 0 Å². The van der Waals surface area contributed by atoms with Crippen molar-refractivity contribution in [3.8, 4) is 0 Å². The number of aromatic nitrogens is 3. The number of pyridine rings is 1. The summed E-state index contributed by atoms with van der Waals surface area (Å²) in [5.41, 5.74) is 3.23. The van der Waals surface area contributed by atoms with Gasteiger partial charge >= 0.3 is 0 Å². The zero-order chi connectivity index (χ0) is 17.9. The number of carbonyl (C=O) groups is 1. The van der Waals surface area contributed by atoms with Gasteiger partial charge in [-0.2, -0.15) is 0 Å². The molecule has 0 unspecified atom stereocenters. The second kappa shape index (κ2) is 6.93. The monoisotopic (exact) mass is 363 g/mol. The first kappa shape index (κ1) is 16.2. The van der Waals surface area contributed by atoms with E-state index in [0.717, 1.165) is 27.5 Å². The maximum absolute atomic E-state index is 11.5. The van der Waals surface area contributed by atoms with Gasteiger partial charge in [0.2, 0.25) is 5.91 Å². The van der Waals surface area contributed by atoms with Crippen LogP contribution in [0.25, 0.3) is 21.8 Å². The molecule has 0 aliphatic rings. The largest absolute Gasteiger partial charge is 0.340 e. The summed E-state index contributed by atoms with van der Waals surface area (Å²) >= 11 is 5.55. The Labute approximate surface area is 154 Å². The summed E-state index contributed by atoms with van der Waals surface area (Å²) in [6.07, 6.45) is 3.27. The van der Waals surface area contributed by atoms with Crippen molar-refractivity contribution in [2.75, 3.05) is 16.5 Å². The van der Waals surface area contributed by atoms with Crippen LogP contribution < -0.4 is 10.6 Å². The molecule has 4 aromatic rings. The van der Waals surface area contributed by atoms with Crippen molar-refractivity contribution >= 4 is 56.5 Å². The highest BCUT2D eigenvalue weighted by molar-refractivity contribution is 6.29. The quantitative estimate of drug-likeness (QED) is 0.533. The topological polar surface area (TPSA) is 79.8 Å². The number of carbonyl (C=O) groups excluding carboxylic acids is 1. The number of benzene rings is 2. The molecule has 2 aromatic heterocycles. The summed E-state index contributed by atoms with van der Waals surface area (Å²) in [4.78, 5) is 24.5. The molecule has 7 heteroatoms. The molecule has 2 heterocycles. The van der Waals surface area contributed by atoms with Gasteiger partial charge in [-0.1, -0.05) is 6.07 Å². The molecule has 0 saturated carbocycles. The number of halogens is 1. The minimum absolute atomic E-state index is 0.0977. The lowest BCUT2D eigenvalue weighted by molar-refractivity contribution is -0.113. The van der Waals surface area contributed by atoms with Gasteiger partial charge in [0.25, 0.3) is 0 Å². The van der Waals surface area contributed by atoms with Gasteiger partial charge in [-0.25, -0.2) is 9.97 Å². The Kier molecular flexibility index (Phi) is 4.33. The molecule has 2 N–H and O–H groups in total. The molecule has 1 amide bonds. The molecule has 0 saturated heterocycles. The van der Waals surface area contributed by atoms with Crippen LogP contribution in [0.4, 0.5) is 17.2 Å². The Balaban J connectivity index is 1.72. The average Bonchev–Trinajstić information content (AvgIpc) is 2.68. The van der Waals surface area contributed by atoms with Crippen LogP contribution in [-0.2, 0) is 4.79 Å². The number of anilines is 3. The number of nitrogens with zero attached hydrogens (tertiary/aromatic N) is 3. The Bertz CT molecular complexity index is 1120. The van der Waals surface area contributed by atoms with E-state index in [0.29, 0.717) is 11.5 Å². The van der Waals surface area contributed by atoms with Gasteiger partial charge in [0.15, 0.2) is 0 Å². The SMILES string of the molecule is O=C(CCl)Nc1ccc2ncnc(Nc3ccc4ncccc4c3)c2c1. The lowest BCUT2D eigenvalue weighted by Gasteiger charge is -2.10. The van der Waals surface area contributed by atoms with E-state index in [1.807, 2.05) is 42.5 Å². The summed E-state index contributed by atoms with van der Waals surface area (Å²) < 4.78 is 0. The molecule has 4 rings (SSSR count). The van der Waals surface area contributed by atoms with Crippen LogP contribution in [-0.4, -0.2) is 26.7 Å². The first-order valence-electron chi connectivity index (χ1n) is 7.95. The molecule has 2 aromatic carbocycles. The van der Waals surface area contributed by atoms with E-state index < -0.39 is 0 Å². The van der Waals surface area contributed by atoms with Gasteiger partial charge in [-0.15, -0.1) is 11.6 Å². The highest BCUT2D eigenvalue weighted by Crippen LogP contribution is 2.27. The first-order chi connectivity index (χ1) is 12.7. The number of amides is 1. The van der Waals surface area contributed by atoms with Gasteiger partial charge in [-0.3, -0.25) is 9.78 Å². The van der Waals surface area contributed by atoms with Gasteiger partial charge in [0.1, 0.15) is 18.0 Å². The molecular weight excluding hydrogens is 350 g/mol. The van der Waals surface area contributed by atoms with Crippen molar-refractivity contribution in [1.29, 1.82) is 0 Å². The van der Waals surface area contributed by atoms with Crippen molar-refractivity contribution in [3.05, 3.63) is 61.1 Å². The predicted molar refractivity (Wildman–Crippen MR) is 104 cm³/mol. The predicted octanol–water partition coefficient (Wildman–Crippen LogP) is 4.10. The highest BCUT2D eigenvalue weighted by atomic mass is 35.5. The molecule has 0 radical (unpaired) electrons. The van der Waals surface area contributed by atoms with E-state index in [2.05, 4.69) is 25.6 Å². The highest BCUT2D eigenvalue weighted by Gasteiger charge is 2.08. The average molecular weight is 364 g/mol. The van der Waals surface area contributed by atoms with Crippen LogP contribution in [0.15, 0.2) is 61.1 Å². The third-order valence-corrected chi connectivity index (χ3v) is 4.15. The van der Waals surface area contributed by atoms with E-state index in [4.69, 9.17) is 11.6 Å². The van der Waals surface area contributed by atoms with Gasteiger partial charge in [0, 0.05) is 28.3 Å². The van der Waals surface area contributed by atoms with E-state index in [-0.39, 0.29) is 11.8 Å². The Morgan fingerprint density at radius 3 is 2.69 bits per heavy atom. The smallest absolute Gasteiger partial charge is 0.239 e. The molecule has 0 aliphatic carbocycles. The molecule has 0 bridgehead atoms. The molecule has 26 heavy (non-hydrogen) atoms. The van der Waals surface area contributed by atoms with Crippen molar-refractivity contribution < 1.29 is 4.79 Å². The van der Waals surface area contributed by atoms with Gasteiger partial charge in [0.05, 0.1) is 11.0 Å². The number of nitrogens with one attached hydrogen (secondary N) is 2. The molecule has 128 valence electrons. The second-order valence-corrected chi connectivity index (χ2v) is 5.94. The van der Waals surface area contributed by atoms with Gasteiger partial charge in [-0.05, 0) is 42.5 Å². The number of hydrogen-bond donors (Lipinski definition) is 2. The normalized spacial score (nSPS) is 10.8. The number of alkyl halides is 1.